The molecule has 1 N–H and O–H groups in total. The van der Waals surface area contributed by atoms with Crippen LogP contribution in [0.15, 0.2) is 48.5 Å². The van der Waals surface area contributed by atoms with E-state index in [1.54, 1.807) is 11.8 Å². The summed E-state index contributed by atoms with van der Waals surface area (Å²) < 4.78 is 5.96. The summed E-state index contributed by atoms with van der Waals surface area (Å²) in [6.45, 7) is 14.1. The van der Waals surface area contributed by atoms with Crippen LogP contribution in [-0.4, -0.2) is 35.4 Å². The number of carbonyl (C=O) groups is 2. The van der Waals surface area contributed by atoms with Crippen molar-refractivity contribution in [1.29, 1.82) is 0 Å². The van der Waals surface area contributed by atoms with Crippen molar-refractivity contribution >= 4 is 11.8 Å². The molecule has 168 valence electrons. The third-order valence-electron chi connectivity index (χ3n) is 5.25. The van der Waals surface area contributed by atoms with E-state index in [4.69, 9.17) is 4.74 Å². The highest BCUT2D eigenvalue weighted by Gasteiger charge is 2.28. The Hall–Kier alpha value is -2.82. The van der Waals surface area contributed by atoms with Gasteiger partial charge in [0.1, 0.15) is 11.8 Å². The second-order valence-electron chi connectivity index (χ2n) is 9.32. The van der Waals surface area contributed by atoms with Crippen LogP contribution in [0.25, 0.3) is 0 Å². The van der Waals surface area contributed by atoms with Gasteiger partial charge >= 0.3 is 0 Å². The predicted molar refractivity (Wildman–Crippen MR) is 125 cm³/mol. The summed E-state index contributed by atoms with van der Waals surface area (Å²) in [4.78, 5) is 27.5. The van der Waals surface area contributed by atoms with E-state index in [2.05, 4.69) is 26.1 Å². The molecule has 5 heteroatoms. The molecule has 2 aromatic carbocycles. The number of amides is 2. The van der Waals surface area contributed by atoms with E-state index in [1.165, 1.54) is 0 Å². The van der Waals surface area contributed by atoms with Gasteiger partial charge in [-0.1, -0.05) is 63.2 Å². The zero-order chi connectivity index (χ0) is 23.2. The molecule has 0 fully saturated rings. The number of aryl methyl sites for hydroxylation is 1. The SMILES string of the molecule is Cc1ccccc1CN(C(=O)COc1ccccc1C(C)(C)C)[C@H](C)C(=O)NC(C)C. The largest absolute Gasteiger partial charge is 0.483 e. The maximum Gasteiger partial charge on any atom is 0.261 e. The van der Waals surface area contributed by atoms with Crippen LogP contribution in [0.2, 0.25) is 0 Å². The van der Waals surface area contributed by atoms with Crippen LogP contribution >= 0.6 is 0 Å². The molecule has 2 rings (SSSR count). The number of para-hydroxylation sites is 1. The van der Waals surface area contributed by atoms with Crippen LogP contribution in [0.1, 0.15) is 58.2 Å². The van der Waals surface area contributed by atoms with Gasteiger partial charge in [-0.3, -0.25) is 9.59 Å². The van der Waals surface area contributed by atoms with Crippen molar-refractivity contribution in [3.63, 3.8) is 0 Å². The molecule has 5 nitrogen and oxygen atoms in total. The van der Waals surface area contributed by atoms with Crippen molar-refractivity contribution in [2.24, 2.45) is 0 Å². The van der Waals surface area contributed by atoms with Gasteiger partial charge in [0.2, 0.25) is 5.91 Å². The van der Waals surface area contributed by atoms with Crippen molar-refractivity contribution in [3.05, 3.63) is 65.2 Å². The van der Waals surface area contributed by atoms with Crippen molar-refractivity contribution < 1.29 is 14.3 Å². The minimum atomic E-state index is -0.615. The lowest BCUT2D eigenvalue weighted by Gasteiger charge is -2.30. The molecular weight excluding hydrogens is 388 g/mol. The van der Waals surface area contributed by atoms with Crippen LogP contribution in [0.4, 0.5) is 0 Å². The smallest absolute Gasteiger partial charge is 0.261 e. The van der Waals surface area contributed by atoms with Gasteiger partial charge in [-0.05, 0) is 55.9 Å². The van der Waals surface area contributed by atoms with E-state index in [0.717, 1.165) is 16.7 Å². The lowest BCUT2D eigenvalue weighted by Crippen LogP contribution is -2.50. The highest BCUT2D eigenvalue weighted by atomic mass is 16.5. The minimum Gasteiger partial charge on any atom is -0.483 e. The molecule has 2 aromatic rings. The molecule has 31 heavy (non-hydrogen) atoms. The maximum atomic E-state index is 13.2. The average Bonchev–Trinajstić information content (AvgIpc) is 2.70. The van der Waals surface area contributed by atoms with Gasteiger partial charge in [-0.2, -0.15) is 0 Å². The molecule has 0 radical (unpaired) electrons. The van der Waals surface area contributed by atoms with Crippen LogP contribution in [0.3, 0.4) is 0 Å². The maximum absolute atomic E-state index is 13.2. The molecule has 0 saturated carbocycles. The van der Waals surface area contributed by atoms with Gasteiger partial charge in [-0.15, -0.1) is 0 Å². The van der Waals surface area contributed by atoms with E-state index in [1.807, 2.05) is 69.3 Å². The Kier molecular flexibility index (Phi) is 8.26. The molecule has 0 aromatic heterocycles. The summed E-state index contributed by atoms with van der Waals surface area (Å²) in [5.41, 5.74) is 3.02. The number of ether oxygens (including phenoxy) is 1. The summed E-state index contributed by atoms with van der Waals surface area (Å²) in [6.07, 6.45) is 0. The second kappa shape index (κ2) is 10.5. The summed E-state index contributed by atoms with van der Waals surface area (Å²) in [7, 11) is 0. The predicted octanol–water partition coefficient (Wildman–Crippen LogP) is 4.61. The Morgan fingerprint density at radius 2 is 1.61 bits per heavy atom. The molecule has 0 aliphatic heterocycles. The minimum absolute atomic E-state index is 0.000256. The number of rotatable bonds is 8. The summed E-state index contributed by atoms with van der Waals surface area (Å²) in [6, 6.07) is 15.1. The van der Waals surface area contributed by atoms with Gasteiger partial charge in [0.25, 0.3) is 5.91 Å². The fraction of sp³-hybridized carbons (Fsp3) is 0.462. The molecule has 0 saturated heterocycles. The van der Waals surface area contributed by atoms with Crippen molar-refractivity contribution in [2.45, 2.75) is 72.5 Å². The first kappa shape index (κ1) is 24.4. The normalized spacial score (nSPS) is 12.4. The van der Waals surface area contributed by atoms with E-state index in [9.17, 15) is 9.59 Å². The lowest BCUT2D eigenvalue weighted by atomic mass is 9.86. The molecular formula is C26H36N2O3. The van der Waals surface area contributed by atoms with E-state index in [0.29, 0.717) is 12.3 Å². The van der Waals surface area contributed by atoms with Crippen LogP contribution < -0.4 is 10.1 Å². The first-order valence-electron chi connectivity index (χ1n) is 10.9. The Balaban J connectivity index is 2.24. The molecule has 0 bridgehead atoms. The molecule has 0 aliphatic carbocycles. The summed E-state index contributed by atoms with van der Waals surface area (Å²) in [5.74, 6) is 0.295. The van der Waals surface area contributed by atoms with Gasteiger partial charge in [0.05, 0.1) is 0 Å². The monoisotopic (exact) mass is 424 g/mol. The zero-order valence-corrected chi connectivity index (χ0v) is 19.9. The van der Waals surface area contributed by atoms with Crippen LogP contribution in [-0.2, 0) is 21.5 Å². The third-order valence-corrected chi connectivity index (χ3v) is 5.25. The topological polar surface area (TPSA) is 58.6 Å². The third kappa shape index (κ3) is 6.84. The fourth-order valence-electron chi connectivity index (χ4n) is 3.39. The molecule has 0 spiro atoms. The zero-order valence-electron chi connectivity index (χ0n) is 19.9. The highest BCUT2D eigenvalue weighted by Crippen LogP contribution is 2.31. The van der Waals surface area contributed by atoms with Crippen molar-refractivity contribution in [3.8, 4) is 5.75 Å². The average molecular weight is 425 g/mol. The van der Waals surface area contributed by atoms with Gasteiger partial charge < -0.3 is 15.0 Å². The van der Waals surface area contributed by atoms with Gasteiger partial charge in [0, 0.05) is 12.6 Å². The van der Waals surface area contributed by atoms with Crippen molar-refractivity contribution in [2.75, 3.05) is 6.61 Å². The number of nitrogens with zero attached hydrogens (tertiary/aromatic N) is 1. The number of carbonyl (C=O) groups excluding carboxylic acids is 2. The molecule has 2 amide bonds. The summed E-state index contributed by atoms with van der Waals surface area (Å²) >= 11 is 0. The first-order chi connectivity index (χ1) is 14.5. The standard InChI is InChI=1S/C26H36N2O3/c1-18(2)27-25(30)20(4)28(16-21-13-9-8-12-19(21)3)24(29)17-31-23-15-11-10-14-22(23)26(5,6)7/h8-15,18,20H,16-17H2,1-7H3,(H,27,30)/t20-/m1/s1. The lowest BCUT2D eigenvalue weighted by molar-refractivity contribution is -0.142. The number of benzene rings is 2. The Labute approximate surface area is 186 Å². The van der Waals surface area contributed by atoms with E-state index < -0.39 is 6.04 Å². The Morgan fingerprint density at radius 3 is 2.23 bits per heavy atom. The van der Waals surface area contributed by atoms with Crippen LogP contribution in [0.5, 0.6) is 5.75 Å². The molecule has 0 aliphatic rings. The van der Waals surface area contributed by atoms with Crippen molar-refractivity contribution in [1.82, 2.24) is 10.2 Å². The van der Waals surface area contributed by atoms with Gasteiger partial charge in [0.15, 0.2) is 6.61 Å². The summed E-state index contributed by atoms with van der Waals surface area (Å²) in [5, 5.41) is 2.91. The first-order valence-corrected chi connectivity index (χ1v) is 10.9. The quantitative estimate of drug-likeness (QED) is 0.673. The van der Waals surface area contributed by atoms with Gasteiger partial charge in [-0.25, -0.2) is 0 Å². The number of nitrogens with one attached hydrogen (secondary N) is 1. The van der Waals surface area contributed by atoms with E-state index >= 15 is 0 Å². The number of hydrogen-bond donors (Lipinski definition) is 1. The Morgan fingerprint density at radius 1 is 1.00 bits per heavy atom. The Bertz CT molecular complexity index is 900. The van der Waals surface area contributed by atoms with E-state index in [-0.39, 0.29) is 29.9 Å². The molecule has 0 unspecified atom stereocenters. The molecule has 0 heterocycles. The van der Waals surface area contributed by atoms with Crippen LogP contribution in [0, 0.1) is 6.92 Å². The number of hydrogen-bond acceptors (Lipinski definition) is 3. The fourth-order valence-corrected chi connectivity index (χ4v) is 3.39. The highest BCUT2D eigenvalue weighted by molar-refractivity contribution is 5.88. The molecule has 1 atom stereocenters. The second-order valence-corrected chi connectivity index (χ2v) is 9.32.